The Balaban J connectivity index is 1.62. The van der Waals surface area contributed by atoms with E-state index in [4.69, 9.17) is 4.74 Å². The van der Waals surface area contributed by atoms with E-state index < -0.39 is 29.6 Å². The molecule has 2 aromatic carbocycles. The second kappa shape index (κ2) is 10.1. The van der Waals surface area contributed by atoms with Gasteiger partial charge in [0.25, 0.3) is 0 Å². The number of aliphatic carboxylic acids is 1. The van der Waals surface area contributed by atoms with Gasteiger partial charge in [0, 0.05) is 5.92 Å². The molecule has 1 atom stereocenters. The van der Waals surface area contributed by atoms with E-state index in [0.29, 0.717) is 12.2 Å². The minimum absolute atomic E-state index is 0.0898. The monoisotopic (exact) mass is 456 g/mol. The third kappa shape index (κ3) is 5.24. The van der Waals surface area contributed by atoms with Crippen molar-refractivity contribution in [2.45, 2.75) is 37.8 Å². The standard InChI is InChI=1S/C24H28N2O5S/c1-24(2,22(29)25-20(21(27)28)12-13-32-3)26-23(30)31-14-19-17-10-6-4-8-15(17)16-9-5-7-11-18(16)19/h4-11,19-20H,12-14H2,1-3H3,(H,25,29)(H,26,30)(H,27,28). The molecule has 32 heavy (non-hydrogen) atoms. The fourth-order valence-corrected chi connectivity index (χ4v) is 4.25. The molecule has 8 heteroatoms. The van der Waals surface area contributed by atoms with E-state index in [0.717, 1.165) is 22.3 Å². The van der Waals surface area contributed by atoms with Crippen molar-refractivity contribution in [2.24, 2.45) is 0 Å². The van der Waals surface area contributed by atoms with E-state index in [9.17, 15) is 19.5 Å². The molecule has 1 unspecified atom stereocenters. The molecular formula is C24H28N2O5S. The SMILES string of the molecule is CSCCC(NC(=O)C(C)(C)NC(=O)OCC1c2ccccc2-c2ccccc21)C(=O)O. The number of nitrogens with one attached hydrogen (secondary N) is 2. The number of hydrogen-bond donors (Lipinski definition) is 3. The van der Waals surface area contributed by atoms with Crippen LogP contribution in [0.25, 0.3) is 11.1 Å². The Hall–Kier alpha value is -3.00. The summed E-state index contributed by atoms with van der Waals surface area (Å²) in [4.78, 5) is 36.5. The number of fused-ring (bicyclic) bond motifs is 3. The topological polar surface area (TPSA) is 105 Å². The van der Waals surface area contributed by atoms with Crippen LogP contribution in [0.1, 0.15) is 37.3 Å². The van der Waals surface area contributed by atoms with Crippen LogP contribution in [0.4, 0.5) is 4.79 Å². The van der Waals surface area contributed by atoms with Gasteiger partial charge in [-0.3, -0.25) is 4.79 Å². The maximum absolute atomic E-state index is 12.6. The van der Waals surface area contributed by atoms with Crippen LogP contribution in [0.15, 0.2) is 48.5 Å². The summed E-state index contributed by atoms with van der Waals surface area (Å²) in [6, 6.07) is 15.0. The number of carbonyl (C=O) groups is 3. The van der Waals surface area contributed by atoms with E-state index in [2.05, 4.69) is 22.8 Å². The Labute approximate surface area is 191 Å². The number of rotatable bonds is 9. The molecular weight excluding hydrogens is 428 g/mol. The minimum Gasteiger partial charge on any atom is -0.480 e. The lowest BCUT2D eigenvalue weighted by molar-refractivity contribution is -0.142. The van der Waals surface area contributed by atoms with Gasteiger partial charge in [-0.15, -0.1) is 0 Å². The van der Waals surface area contributed by atoms with Crippen molar-refractivity contribution in [3.8, 4) is 11.1 Å². The molecule has 0 radical (unpaired) electrons. The van der Waals surface area contributed by atoms with E-state index in [-0.39, 0.29) is 12.5 Å². The Morgan fingerprint density at radius 1 is 1.06 bits per heavy atom. The molecule has 0 spiro atoms. The van der Waals surface area contributed by atoms with Crippen LogP contribution in [0.5, 0.6) is 0 Å². The van der Waals surface area contributed by atoms with Gasteiger partial charge < -0.3 is 20.5 Å². The molecule has 0 heterocycles. The number of ether oxygens (including phenoxy) is 1. The quantitative estimate of drug-likeness (QED) is 0.532. The van der Waals surface area contributed by atoms with Gasteiger partial charge in [-0.05, 0) is 54.5 Å². The third-order valence-corrected chi connectivity index (χ3v) is 6.18. The Kier molecular flexibility index (Phi) is 7.45. The molecule has 7 nitrogen and oxygen atoms in total. The molecule has 0 saturated carbocycles. The number of amides is 2. The summed E-state index contributed by atoms with van der Waals surface area (Å²) in [6.07, 6.45) is 1.43. The normalized spacial score (nSPS) is 13.6. The van der Waals surface area contributed by atoms with E-state index in [1.807, 2.05) is 42.7 Å². The molecule has 170 valence electrons. The minimum atomic E-state index is -1.34. The van der Waals surface area contributed by atoms with E-state index in [1.165, 1.54) is 25.6 Å². The zero-order chi connectivity index (χ0) is 23.3. The highest BCUT2D eigenvalue weighted by molar-refractivity contribution is 7.98. The van der Waals surface area contributed by atoms with Crippen molar-refractivity contribution in [1.82, 2.24) is 10.6 Å². The largest absolute Gasteiger partial charge is 0.480 e. The second-order valence-electron chi connectivity index (χ2n) is 8.22. The molecule has 0 saturated heterocycles. The van der Waals surface area contributed by atoms with Crippen LogP contribution in [0.3, 0.4) is 0 Å². The van der Waals surface area contributed by atoms with Gasteiger partial charge in [0.1, 0.15) is 18.2 Å². The first-order valence-corrected chi connectivity index (χ1v) is 11.8. The summed E-state index contributed by atoms with van der Waals surface area (Å²) in [5.74, 6) is -1.19. The summed E-state index contributed by atoms with van der Waals surface area (Å²) in [6.45, 7) is 3.15. The number of benzene rings is 2. The predicted octanol–water partition coefficient (Wildman–Crippen LogP) is 3.63. The Morgan fingerprint density at radius 3 is 2.16 bits per heavy atom. The van der Waals surface area contributed by atoms with Gasteiger partial charge in [-0.25, -0.2) is 9.59 Å². The molecule has 2 amide bonds. The summed E-state index contributed by atoms with van der Waals surface area (Å²) in [5, 5.41) is 14.4. The third-order valence-electron chi connectivity index (χ3n) is 5.54. The summed E-state index contributed by atoms with van der Waals surface area (Å²) in [7, 11) is 0. The van der Waals surface area contributed by atoms with Crippen LogP contribution < -0.4 is 10.6 Å². The molecule has 1 aliphatic rings. The Bertz CT molecular complexity index is 962. The lowest BCUT2D eigenvalue weighted by Gasteiger charge is -2.27. The number of carboxylic acids is 1. The first-order valence-electron chi connectivity index (χ1n) is 10.4. The van der Waals surface area contributed by atoms with Crippen LogP contribution in [-0.2, 0) is 14.3 Å². The van der Waals surface area contributed by atoms with Gasteiger partial charge >= 0.3 is 12.1 Å². The van der Waals surface area contributed by atoms with Crippen molar-refractivity contribution >= 4 is 29.7 Å². The fourth-order valence-electron chi connectivity index (χ4n) is 3.78. The summed E-state index contributed by atoms with van der Waals surface area (Å²) >= 11 is 1.50. The smallest absolute Gasteiger partial charge is 0.408 e. The zero-order valence-corrected chi connectivity index (χ0v) is 19.2. The Morgan fingerprint density at radius 2 is 1.62 bits per heavy atom. The highest BCUT2D eigenvalue weighted by Gasteiger charge is 2.34. The molecule has 0 bridgehead atoms. The molecule has 2 aromatic rings. The van der Waals surface area contributed by atoms with Crippen molar-refractivity contribution in [2.75, 3.05) is 18.6 Å². The average molecular weight is 457 g/mol. The van der Waals surface area contributed by atoms with Gasteiger partial charge in [-0.2, -0.15) is 11.8 Å². The van der Waals surface area contributed by atoms with E-state index in [1.54, 1.807) is 0 Å². The number of carbonyl (C=O) groups excluding carboxylic acids is 2. The molecule has 3 rings (SSSR count). The molecule has 0 aromatic heterocycles. The van der Waals surface area contributed by atoms with Gasteiger partial charge in [0.2, 0.25) is 5.91 Å². The van der Waals surface area contributed by atoms with Crippen LogP contribution in [-0.4, -0.2) is 53.3 Å². The van der Waals surface area contributed by atoms with Gasteiger partial charge in [-0.1, -0.05) is 48.5 Å². The lowest BCUT2D eigenvalue weighted by Crippen LogP contribution is -2.58. The van der Waals surface area contributed by atoms with Crippen molar-refractivity contribution in [3.63, 3.8) is 0 Å². The van der Waals surface area contributed by atoms with Crippen molar-refractivity contribution < 1.29 is 24.2 Å². The average Bonchev–Trinajstić information content (AvgIpc) is 3.08. The van der Waals surface area contributed by atoms with Crippen LogP contribution in [0.2, 0.25) is 0 Å². The molecule has 0 aliphatic heterocycles. The molecule has 1 aliphatic carbocycles. The lowest BCUT2D eigenvalue weighted by atomic mass is 9.98. The first kappa shape index (κ1) is 23.7. The maximum atomic E-state index is 12.6. The summed E-state index contributed by atoms with van der Waals surface area (Å²) in [5.41, 5.74) is 3.10. The molecule has 0 fully saturated rings. The molecule has 3 N–H and O–H groups in total. The highest BCUT2D eigenvalue weighted by Crippen LogP contribution is 2.44. The number of alkyl carbamates (subject to hydrolysis) is 1. The number of thioether (sulfide) groups is 1. The maximum Gasteiger partial charge on any atom is 0.408 e. The summed E-state index contributed by atoms with van der Waals surface area (Å²) < 4.78 is 5.49. The zero-order valence-electron chi connectivity index (χ0n) is 18.4. The van der Waals surface area contributed by atoms with Gasteiger partial charge in [0.15, 0.2) is 0 Å². The van der Waals surface area contributed by atoms with Crippen molar-refractivity contribution in [1.29, 1.82) is 0 Å². The van der Waals surface area contributed by atoms with Crippen LogP contribution in [0, 0.1) is 0 Å². The van der Waals surface area contributed by atoms with E-state index >= 15 is 0 Å². The van der Waals surface area contributed by atoms with Crippen molar-refractivity contribution in [3.05, 3.63) is 59.7 Å². The first-order chi connectivity index (χ1) is 15.2. The predicted molar refractivity (Wildman–Crippen MR) is 125 cm³/mol. The fraction of sp³-hybridized carbons (Fsp3) is 0.375. The second-order valence-corrected chi connectivity index (χ2v) is 9.21. The number of hydrogen-bond acceptors (Lipinski definition) is 5. The van der Waals surface area contributed by atoms with Gasteiger partial charge in [0.05, 0.1) is 0 Å². The highest BCUT2D eigenvalue weighted by atomic mass is 32.2. The van der Waals surface area contributed by atoms with Crippen LogP contribution >= 0.6 is 11.8 Å². The number of carboxylic acid groups (broad SMARTS) is 1.